The fourth-order valence-corrected chi connectivity index (χ4v) is 2.69. The highest BCUT2D eigenvalue weighted by molar-refractivity contribution is 5.94. The van der Waals surface area contributed by atoms with Crippen LogP contribution in [0.3, 0.4) is 0 Å². The van der Waals surface area contributed by atoms with Crippen molar-refractivity contribution in [2.45, 2.75) is 45.6 Å². The van der Waals surface area contributed by atoms with Gasteiger partial charge in [-0.2, -0.15) is 0 Å². The van der Waals surface area contributed by atoms with Gasteiger partial charge in [-0.1, -0.05) is 12.8 Å². The van der Waals surface area contributed by atoms with Crippen molar-refractivity contribution in [2.24, 2.45) is 0 Å². The van der Waals surface area contributed by atoms with Crippen LogP contribution in [0.5, 0.6) is 5.88 Å². The number of aromatic nitrogens is 1. The third-order valence-electron chi connectivity index (χ3n) is 3.64. The van der Waals surface area contributed by atoms with E-state index in [0.29, 0.717) is 24.1 Å². The van der Waals surface area contributed by atoms with Crippen LogP contribution in [0.4, 0.5) is 0 Å². The number of carbonyl (C=O) groups is 1. The number of hydrogen-bond acceptors (Lipinski definition) is 3. The van der Waals surface area contributed by atoms with Crippen molar-refractivity contribution in [2.75, 3.05) is 13.2 Å². The number of amides is 1. The fraction of sp³-hybridized carbons (Fsp3) is 0.600. The van der Waals surface area contributed by atoms with Gasteiger partial charge in [0.05, 0.1) is 12.2 Å². The Morgan fingerprint density at radius 2 is 2.11 bits per heavy atom. The highest BCUT2D eigenvalue weighted by Gasteiger charge is 2.26. The summed E-state index contributed by atoms with van der Waals surface area (Å²) in [4.78, 5) is 18.6. The van der Waals surface area contributed by atoms with E-state index in [4.69, 9.17) is 4.74 Å². The van der Waals surface area contributed by atoms with Crippen molar-refractivity contribution in [1.29, 1.82) is 0 Å². The zero-order valence-electron chi connectivity index (χ0n) is 11.8. The third-order valence-corrected chi connectivity index (χ3v) is 3.64. The molecular formula is C15H22N2O2. The van der Waals surface area contributed by atoms with Gasteiger partial charge in [0.2, 0.25) is 5.88 Å². The van der Waals surface area contributed by atoms with Crippen LogP contribution in [0.1, 0.15) is 49.9 Å². The largest absolute Gasteiger partial charge is 0.478 e. The molecule has 1 aliphatic carbocycles. The van der Waals surface area contributed by atoms with Gasteiger partial charge in [0, 0.05) is 24.8 Å². The molecule has 4 nitrogen and oxygen atoms in total. The molecule has 0 spiro atoms. The molecule has 0 N–H and O–H groups in total. The summed E-state index contributed by atoms with van der Waals surface area (Å²) in [6.07, 6.45) is 6.34. The molecule has 1 amide bonds. The first-order valence-electron chi connectivity index (χ1n) is 7.16. The van der Waals surface area contributed by atoms with E-state index in [1.165, 1.54) is 12.8 Å². The summed E-state index contributed by atoms with van der Waals surface area (Å²) >= 11 is 0. The Bertz CT molecular complexity index is 411. The number of carbonyl (C=O) groups excluding carboxylic acids is 1. The molecule has 1 aliphatic rings. The van der Waals surface area contributed by atoms with Crippen LogP contribution in [0.2, 0.25) is 0 Å². The maximum Gasteiger partial charge on any atom is 0.255 e. The van der Waals surface area contributed by atoms with Gasteiger partial charge < -0.3 is 9.64 Å². The Balaban J connectivity index is 2.08. The third kappa shape index (κ3) is 3.25. The highest BCUT2D eigenvalue weighted by atomic mass is 16.5. The summed E-state index contributed by atoms with van der Waals surface area (Å²) in [5, 5.41) is 0. The minimum atomic E-state index is 0.0879. The normalized spacial score (nSPS) is 15.5. The van der Waals surface area contributed by atoms with Crippen LogP contribution in [-0.2, 0) is 0 Å². The zero-order chi connectivity index (χ0) is 13.7. The minimum absolute atomic E-state index is 0.0879. The second-order valence-corrected chi connectivity index (χ2v) is 4.85. The number of hydrogen-bond donors (Lipinski definition) is 0. The predicted octanol–water partition coefficient (Wildman–Crippen LogP) is 2.89. The molecule has 0 saturated heterocycles. The number of pyridine rings is 1. The number of rotatable bonds is 5. The summed E-state index contributed by atoms with van der Waals surface area (Å²) in [6.45, 7) is 5.30. The molecule has 0 atom stereocenters. The monoisotopic (exact) mass is 262 g/mol. The van der Waals surface area contributed by atoms with Crippen LogP contribution in [0.15, 0.2) is 18.3 Å². The molecule has 1 heterocycles. The van der Waals surface area contributed by atoms with Crippen molar-refractivity contribution >= 4 is 5.91 Å². The van der Waals surface area contributed by atoms with Crippen LogP contribution in [0.25, 0.3) is 0 Å². The first kappa shape index (κ1) is 13.8. The van der Waals surface area contributed by atoms with Gasteiger partial charge in [0.1, 0.15) is 0 Å². The topological polar surface area (TPSA) is 42.4 Å². The van der Waals surface area contributed by atoms with Crippen molar-refractivity contribution in [1.82, 2.24) is 9.88 Å². The lowest BCUT2D eigenvalue weighted by Gasteiger charge is -2.27. The standard InChI is InChI=1S/C15H22N2O2/c1-3-17(13-7-5-6-8-13)15(18)12-9-10-14(16-11-12)19-4-2/h9-11,13H,3-8H2,1-2H3. The van der Waals surface area contributed by atoms with Gasteiger partial charge >= 0.3 is 0 Å². The smallest absolute Gasteiger partial charge is 0.255 e. The van der Waals surface area contributed by atoms with Crippen LogP contribution < -0.4 is 4.74 Å². The van der Waals surface area contributed by atoms with Crippen molar-refractivity contribution in [3.63, 3.8) is 0 Å². The molecule has 104 valence electrons. The number of ether oxygens (including phenoxy) is 1. The maximum absolute atomic E-state index is 12.5. The average Bonchev–Trinajstić information content (AvgIpc) is 2.95. The summed E-state index contributed by atoms with van der Waals surface area (Å²) < 4.78 is 5.29. The Kier molecular flexibility index (Phi) is 4.77. The second-order valence-electron chi connectivity index (χ2n) is 4.85. The van der Waals surface area contributed by atoms with Gasteiger partial charge in [-0.3, -0.25) is 4.79 Å². The SMILES string of the molecule is CCOc1ccc(C(=O)N(CC)C2CCCC2)cn1. The lowest BCUT2D eigenvalue weighted by Crippen LogP contribution is -2.38. The van der Waals surface area contributed by atoms with E-state index in [1.54, 1.807) is 18.3 Å². The molecule has 1 saturated carbocycles. The van der Waals surface area contributed by atoms with Crippen LogP contribution in [0, 0.1) is 0 Å². The Hall–Kier alpha value is -1.58. The Morgan fingerprint density at radius 1 is 1.37 bits per heavy atom. The fourth-order valence-electron chi connectivity index (χ4n) is 2.69. The van der Waals surface area contributed by atoms with Crippen LogP contribution in [-0.4, -0.2) is 35.0 Å². The molecule has 0 aliphatic heterocycles. The van der Waals surface area contributed by atoms with E-state index in [9.17, 15) is 4.79 Å². The van der Waals surface area contributed by atoms with Crippen molar-refractivity contribution in [3.05, 3.63) is 23.9 Å². The Morgan fingerprint density at radius 3 is 2.63 bits per heavy atom. The Labute approximate surface area is 114 Å². The average molecular weight is 262 g/mol. The van der Waals surface area contributed by atoms with E-state index in [2.05, 4.69) is 4.98 Å². The molecule has 1 aromatic heterocycles. The molecule has 0 radical (unpaired) electrons. The summed E-state index contributed by atoms with van der Waals surface area (Å²) in [6, 6.07) is 3.97. The van der Waals surface area contributed by atoms with Crippen molar-refractivity contribution < 1.29 is 9.53 Å². The lowest BCUT2D eigenvalue weighted by molar-refractivity contribution is 0.0693. The maximum atomic E-state index is 12.5. The summed E-state index contributed by atoms with van der Waals surface area (Å²) in [5.41, 5.74) is 0.650. The van der Waals surface area contributed by atoms with E-state index in [1.807, 2.05) is 18.7 Å². The molecule has 19 heavy (non-hydrogen) atoms. The molecule has 1 aromatic rings. The second kappa shape index (κ2) is 6.55. The van der Waals surface area contributed by atoms with E-state index in [-0.39, 0.29) is 5.91 Å². The summed E-state index contributed by atoms with van der Waals surface area (Å²) in [5.74, 6) is 0.660. The molecule has 4 heteroatoms. The van der Waals surface area contributed by atoms with Gasteiger partial charge in [0.25, 0.3) is 5.91 Å². The van der Waals surface area contributed by atoms with Crippen LogP contribution >= 0.6 is 0 Å². The quantitative estimate of drug-likeness (QED) is 0.819. The minimum Gasteiger partial charge on any atom is -0.478 e. The zero-order valence-corrected chi connectivity index (χ0v) is 11.8. The molecular weight excluding hydrogens is 240 g/mol. The first-order chi connectivity index (χ1) is 9.26. The molecule has 0 unspecified atom stereocenters. The van der Waals surface area contributed by atoms with E-state index < -0.39 is 0 Å². The van der Waals surface area contributed by atoms with Gasteiger partial charge in [-0.25, -0.2) is 4.98 Å². The van der Waals surface area contributed by atoms with Gasteiger partial charge in [-0.05, 0) is 32.8 Å². The lowest BCUT2D eigenvalue weighted by atomic mass is 10.1. The first-order valence-corrected chi connectivity index (χ1v) is 7.16. The molecule has 2 rings (SSSR count). The predicted molar refractivity (Wildman–Crippen MR) is 74.4 cm³/mol. The molecule has 0 aromatic carbocycles. The van der Waals surface area contributed by atoms with Gasteiger partial charge in [0.15, 0.2) is 0 Å². The summed E-state index contributed by atoms with van der Waals surface area (Å²) in [7, 11) is 0. The molecule has 1 fully saturated rings. The van der Waals surface area contributed by atoms with E-state index in [0.717, 1.165) is 19.4 Å². The van der Waals surface area contributed by atoms with Crippen molar-refractivity contribution in [3.8, 4) is 5.88 Å². The number of nitrogens with zero attached hydrogens (tertiary/aromatic N) is 2. The van der Waals surface area contributed by atoms with Gasteiger partial charge in [-0.15, -0.1) is 0 Å². The highest BCUT2D eigenvalue weighted by Crippen LogP contribution is 2.24. The molecule has 0 bridgehead atoms. The van der Waals surface area contributed by atoms with E-state index >= 15 is 0 Å².